The first-order chi connectivity index (χ1) is 27.5. The molecular formula is C44H79O12P. The second kappa shape index (κ2) is 35.1. The van der Waals surface area contributed by atoms with Gasteiger partial charge in [0.15, 0.2) is 0 Å². The fourth-order valence-electron chi connectivity index (χ4n) is 6.46. The zero-order valence-electron chi connectivity index (χ0n) is 35.1. The molecule has 1 fully saturated rings. The Morgan fingerprint density at radius 3 is 1.58 bits per heavy atom. The SMILES string of the molecule is CC/C=C\C/C=C\C/C=C\C/C=C\CCCCCCCCCOCC(COP(=O)(O)OC1C(O)C(O)C(O)C(O)C1O)OC(=O)CCCCCCCCCCCC. The molecule has 12 nitrogen and oxygen atoms in total. The highest BCUT2D eigenvalue weighted by atomic mass is 31.2. The number of allylic oxidation sites excluding steroid dienone is 8. The van der Waals surface area contributed by atoms with E-state index >= 15 is 0 Å². The maximum absolute atomic E-state index is 12.8. The van der Waals surface area contributed by atoms with Gasteiger partial charge in [0.25, 0.3) is 0 Å². The maximum Gasteiger partial charge on any atom is 0.472 e. The van der Waals surface area contributed by atoms with E-state index in [1.165, 1.54) is 57.8 Å². The number of aliphatic hydroxyl groups is 5. The Balaban J connectivity index is 2.38. The van der Waals surface area contributed by atoms with E-state index < -0.39 is 63.1 Å². The van der Waals surface area contributed by atoms with Crippen molar-refractivity contribution in [1.29, 1.82) is 0 Å². The fraction of sp³-hybridized carbons (Fsp3) is 0.795. The van der Waals surface area contributed by atoms with Crippen molar-refractivity contribution in [3.8, 4) is 0 Å². The molecule has 0 aromatic rings. The Bertz CT molecular complexity index is 1130. The zero-order chi connectivity index (χ0) is 42.0. The normalized spacial score (nSPS) is 23.3. The lowest BCUT2D eigenvalue weighted by Crippen LogP contribution is -2.64. The van der Waals surface area contributed by atoms with Crippen molar-refractivity contribution in [3.63, 3.8) is 0 Å². The second-order valence-corrected chi connectivity index (χ2v) is 16.6. The Morgan fingerprint density at radius 2 is 1.04 bits per heavy atom. The van der Waals surface area contributed by atoms with Crippen molar-refractivity contribution >= 4 is 13.8 Å². The molecule has 0 saturated heterocycles. The second-order valence-electron chi connectivity index (χ2n) is 15.2. The Labute approximate surface area is 344 Å². The molecule has 0 aliphatic heterocycles. The number of hydrogen-bond donors (Lipinski definition) is 6. The van der Waals surface area contributed by atoms with Gasteiger partial charge in [-0.15, -0.1) is 0 Å². The van der Waals surface area contributed by atoms with E-state index in [1.807, 2.05) is 0 Å². The summed E-state index contributed by atoms with van der Waals surface area (Å²) < 4.78 is 34.1. The minimum atomic E-state index is -5.01. The van der Waals surface area contributed by atoms with E-state index in [1.54, 1.807) is 0 Å². The number of hydrogen-bond acceptors (Lipinski definition) is 11. The quantitative estimate of drug-likeness (QED) is 0.0153. The lowest BCUT2D eigenvalue weighted by atomic mass is 9.85. The summed E-state index contributed by atoms with van der Waals surface area (Å²) in [5.74, 6) is -0.485. The lowest BCUT2D eigenvalue weighted by molar-refractivity contribution is -0.220. The molecule has 6 N–H and O–H groups in total. The molecule has 0 aromatic carbocycles. The summed E-state index contributed by atoms with van der Waals surface area (Å²) in [4.78, 5) is 23.0. The van der Waals surface area contributed by atoms with Crippen LogP contribution in [-0.2, 0) is 27.9 Å². The number of phosphoric ester groups is 1. The highest BCUT2D eigenvalue weighted by molar-refractivity contribution is 7.47. The summed E-state index contributed by atoms with van der Waals surface area (Å²) >= 11 is 0. The number of carbonyl (C=O) groups excluding carboxylic acids is 1. The highest BCUT2D eigenvalue weighted by Gasteiger charge is 2.51. The standard InChI is InChI=1S/C44H79O12P/c1-3-5-7-9-11-13-15-16-17-18-19-20-21-22-23-24-26-28-30-32-34-53-35-37(55-38(45)33-31-29-27-25-14-12-10-8-6-4-2)36-54-57(51,52)56-44-42(49)40(47)39(46)41(48)43(44)50/h5,7,11,13,16-17,19-20,37,39-44,46-50H,3-4,6,8-10,12,14-15,18,21-36H2,1-2H3,(H,51,52)/b7-5-,13-11-,17-16-,20-19-. The highest BCUT2D eigenvalue weighted by Crippen LogP contribution is 2.47. The number of ether oxygens (including phenoxy) is 2. The lowest BCUT2D eigenvalue weighted by Gasteiger charge is -2.41. The molecule has 6 unspecified atom stereocenters. The molecule has 0 spiro atoms. The van der Waals surface area contributed by atoms with Gasteiger partial charge in [0.1, 0.15) is 42.7 Å². The van der Waals surface area contributed by atoms with Gasteiger partial charge in [0.2, 0.25) is 0 Å². The number of carbonyl (C=O) groups is 1. The van der Waals surface area contributed by atoms with Gasteiger partial charge in [0.05, 0.1) is 13.2 Å². The number of esters is 1. The number of rotatable bonds is 36. The van der Waals surface area contributed by atoms with E-state index in [2.05, 4.69) is 62.5 Å². The average Bonchev–Trinajstić information content (AvgIpc) is 3.19. The number of unbranched alkanes of at least 4 members (excludes halogenated alkanes) is 16. The molecule has 1 aliphatic carbocycles. The molecule has 0 heterocycles. The molecule has 0 amide bonds. The van der Waals surface area contributed by atoms with Gasteiger partial charge in [0, 0.05) is 13.0 Å². The van der Waals surface area contributed by atoms with Crippen LogP contribution in [0.1, 0.15) is 162 Å². The molecule has 1 saturated carbocycles. The molecule has 13 heteroatoms. The zero-order valence-corrected chi connectivity index (χ0v) is 36.0. The van der Waals surface area contributed by atoms with Gasteiger partial charge in [-0.3, -0.25) is 13.8 Å². The fourth-order valence-corrected chi connectivity index (χ4v) is 7.44. The first-order valence-electron chi connectivity index (χ1n) is 22.0. The van der Waals surface area contributed by atoms with Gasteiger partial charge in [-0.1, -0.05) is 152 Å². The smallest absolute Gasteiger partial charge is 0.457 e. The third kappa shape index (κ3) is 27.6. The van der Waals surface area contributed by atoms with Crippen LogP contribution in [0.4, 0.5) is 0 Å². The molecule has 0 radical (unpaired) electrons. The maximum atomic E-state index is 12.8. The van der Waals surface area contributed by atoms with E-state index in [0.717, 1.165) is 77.0 Å². The summed E-state index contributed by atoms with van der Waals surface area (Å²) in [5, 5.41) is 50.1. The summed E-state index contributed by atoms with van der Waals surface area (Å²) in [7, 11) is -5.01. The van der Waals surface area contributed by atoms with Crippen molar-refractivity contribution < 1.29 is 58.3 Å². The molecule has 1 rings (SSSR count). The molecule has 6 atom stereocenters. The molecular weight excluding hydrogens is 751 g/mol. The van der Waals surface area contributed by atoms with Crippen LogP contribution in [-0.4, -0.2) is 98.9 Å². The first-order valence-corrected chi connectivity index (χ1v) is 23.5. The van der Waals surface area contributed by atoms with Crippen LogP contribution in [0.25, 0.3) is 0 Å². The van der Waals surface area contributed by atoms with Crippen LogP contribution in [0.5, 0.6) is 0 Å². The molecule has 57 heavy (non-hydrogen) atoms. The van der Waals surface area contributed by atoms with Crippen molar-refractivity contribution in [2.24, 2.45) is 0 Å². The molecule has 1 aliphatic rings. The van der Waals surface area contributed by atoms with Gasteiger partial charge in [-0.25, -0.2) is 4.57 Å². The summed E-state index contributed by atoms with van der Waals surface area (Å²) in [6.07, 6.45) is 29.0. The largest absolute Gasteiger partial charge is 0.472 e. The molecule has 0 aromatic heterocycles. The topological polar surface area (TPSA) is 192 Å². The van der Waals surface area contributed by atoms with E-state index in [-0.39, 0.29) is 13.0 Å². The van der Waals surface area contributed by atoms with Crippen molar-refractivity contribution in [3.05, 3.63) is 48.6 Å². The number of aliphatic hydroxyl groups excluding tert-OH is 5. The van der Waals surface area contributed by atoms with E-state index in [9.17, 15) is 39.8 Å². The Morgan fingerprint density at radius 1 is 0.579 bits per heavy atom. The third-order valence-electron chi connectivity index (χ3n) is 9.97. The van der Waals surface area contributed by atoms with E-state index in [4.69, 9.17) is 18.5 Å². The predicted molar refractivity (Wildman–Crippen MR) is 225 cm³/mol. The van der Waals surface area contributed by atoms with E-state index in [0.29, 0.717) is 13.0 Å². The molecule has 0 bridgehead atoms. The van der Waals surface area contributed by atoms with Crippen LogP contribution < -0.4 is 0 Å². The predicted octanol–water partition coefficient (Wildman–Crippen LogP) is 8.47. The minimum Gasteiger partial charge on any atom is -0.457 e. The molecule has 332 valence electrons. The Hall–Kier alpha value is -1.70. The van der Waals surface area contributed by atoms with Crippen LogP contribution in [0.3, 0.4) is 0 Å². The van der Waals surface area contributed by atoms with Gasteiger partial charge < -0.3 is 39.9 Å². The van der Waals surface area contributed by atoms with Crippen LogP contribution in [0.2, 0.25) is 0 Å². The van der Waals surface area contributed by atoms with Gasteiger partial charge in [-0.2, -0.15) is 0 Å². The number of phosphoric acid groups is 1. The Kier molecular flexibility index (Phi) is 32.8. The van der Waals surface area contributed by atoms with Crippen LogP contribution in [0, 0.1) is 0 Å². The van der Waals surface area contributed by atoms with Gasteiger partial charge in [-0.05, 0) is 51.4 Å². The summed E-state index contributed by atoms with van der Waals surface area (Å²) in [6, 6.07) is 0. The first kappa shape index (κ1) is 53.3. The van der Waals surface area contributed by atoms with Crippen LogP contribution in [0.15, 0.2) is 48.6 Å². The third-order valence-corrected chi connectivity index (χ3v) is 11.0. The van der Waals surface area contributed by atoms with Crippen molar-refractivity contribution in [1.82, 2.24) is 0 Å². The monoisotopic (exact) mass is 831 g/mol. The van der Waals surface area contributed by atoms with Gasteiger partial charge >= 0.3 is 13.8 Å². The van der Waals surface area contributed by atoms with Crippen molar-refractivity contribution in [2.45, 2.75) is 204 Å². The summed E-state index contributed by atoms with van der Waals surface area (Å²) in [6.45, 7) is 4.09. The van der Waals surface area contributed by atoms with Crippen molar-refractivity contribution in [2.75, 3.05) is 19.8 Å². The average molecular weight is 831 g/mol. The summed E-state index contributed by atoms with van der Waals surface area (Å²) in [5.41, 5.74) is 0. The minimum absolute atomic E-state index is 0.0840. The van der Waals surface area contributed by atoms with Crippen LogP contribution >= 0.6 is 7.82 Å².